The quantitative estimate of drug-likeness (QED) is 0.245. The van der Waals surface area contributed by atoms with Gasteiger partial charge in [-0.25, -0.2) is 17.6 Å². The van der Waals surface area contributed by atoms with Crippen molar-refractivity contribution < 1.29 is 27.2 Å². The Kier molecular flexibility index (Phi) is 5.60. The number of thiocarbonyl (C=S) groups is 1. The van der Waals surface area contributed by atoms with Gasteiger partial charge >= 0.3 is 0 Å². The summed E-state index contributed by atoms with van der Waals surface area (Å²) in [6, 6.07) is 3.14. The van der Waals surface area contributed by atoms with E-state index in [4.69, 9.17) is 0 Å². The number of carbonyl (C=O) groups excluding carboxylic acids is 2. The molecular weight excluding hydrogens is 364 g/mol. The van der Waals surface area contributed by atoms with E-state index in [1.54, 1.807) is 0 Å². The van der Waals surface area contributed by atoms with Gasteiger partial charge in [-0.05, 0) is 30.4 Å². The fraction of sp³-hybridized carbons (Fsp3) is 0. The molecule has 2 rings (SSSR count). The Balaban J connectivity index is 1.99. The van der Waals surface area contributed by atoms with E-state index < -0.39 is 45.8 Å². The largest absolute Gasteiger partial charge is 0.298 e. The number of hydrogen-bond donors (Lipinski definition) is 3. The van der Waals surface area contributed by atoms with Crippen molar-refractivity contribution in [3.05, 3.63) is 65.0 Å². The van der Waals surface area contributed by atoms with Crippen molar-refractivity contribution >= 4 is 29.1 Å². The second-order valence-corrected chi connectivity index (χ2v) is 4.86. The fourth-order valence-electron chi connectivity index (χ4n) is 1.62. The van der Waals surface area contributed by atoms with Crippen molar-refractivity contribution in [1.82, 2.24) is 21.2 Å². The Bertz CT molecular complexity index is 848. The minimum absolute atomic E-state index is 0.179. The van der Waals surface area contributed by atoms with Crippen LogP contribution in [0.15, 0.2) is 30.6 Å². The van der Waals surface area contributed by atoms with Crippen LogP contribution in [-0.4, -0.2) is 21.9 Å². The smallest absolute Gasteiger partial charge is 0.271 e. The van der Waals surface area contributed by atoms with E-state index in [1.165, 1.54) is 24.5 Å². The SMILES string of the molecule is O=C(NNC(=S)NC(=O)c1cc(F)c(F)c(F)c1F)c1cccnc1. The van der Waals surface area contributed by atoms with Crippen molar-refractivity contribution in [1.29, 1.82) is 0 Å². The van der Waals surface area contributed by atoms with Gasteiger partial charge in [-0.3, -0.25) is 30.7 Å². The summed E-state index contributed by atoms with van der Waals surface area (Å²) in [7, 11) is 0. The topological polar surface area (TPSA) is 83.1 Å². The molecule has 1 heterocycles. The minimum atomic E-state index is -2.13. The van der Waals surface area contributed by atoms with E-state index in [0.29, 0.717) is 0 Å². The number of nitrogens with zero attached hydrogens (tertiary/aromatic N) is 1. The summed E-state index contributed by atoms with van der Waals surface area (Å²) < 4.78 is 52.5. The first-order valence-corrected chi connectivity index (χ1v) is 6.86. The maximum absolute atomic E-state index is 13.5. The molecule has 0 spiro atoms. The lowest BCUT2D eigenvalue weighted by atomic mass is 10.1. The summed E-state index contributed by atoms with van der Waals surface area (Å²) in [5.41, 5.74) is 3.33. The van der Waals surface area contributed by atoms with Crippen molar-refractivity contribution in [2.75, 3.05) is 0 Å². The Morgan fingerprint density at radius 2 is 1.72 bits per heavy atom. The Morgan fingerprint density at radius 1 is 1.00 bits per heavy atom. The molecule has 11 heteroatoms. The molecule has 0 saturated heterocycles. The summed E-state index contributed by atoms with van der Waals surface area (Å²) in [6.45, 7) is 0. The molecule has 6 nitrogen and oxygen atoms in total. The van der Waals surface area contributed by atoms with Crippen LogP contribution in [0.2, 0.25) is 0 Å². The molecule has 2 aromatic rings. The highest BCUT2D eigenvalue weighted by Crippen LogP contribution is 2.18. The summed E-state index contributed by atoms with van der Waals surface area (Å²) in [4.78, 5) is 27.2. The van der Waals surface area contributed by atoms with Crippen LogP contribution in [0.5, 0.6) is 0 Å². The number of pyridine rings is 1. The number of nitrogens with one attached hydrogen (secondary N) is 3. The number of benzene rings is 1. The zero-order valence-corrected chi connectivity index (χ0v) is 12.9. The van der Waals surface area contributed by atoms with Crippen LogP contribution in [0, 0.1) is 23.3 Å². The number of carbonyl (C=O) groups is 2. The normalized spacial score (nSPS) is 10.1. The number of halogens is 4. The second-order valence-electron chi connectivity index (χ2n) is 4.45. The summed E-state index contributed by atoms with van der Waals surface area (Å²) >= 11 is 4.68. The molecule has 0 saturated carbocycles. The second kappa shape index (κ2) is 7.66. The van der Waals surface area contributed by atoms with Crippen LogP contribution in [-0.2, 0) is 0 Å². The fourth-order valence-corrected chi connectivity index (χ4v) is 1.77. The van der Waals surface area contributed by atoms with Gasteiger partial charge < -0.3 is 0 Å². The Hall–Kier alpha value is -3.08. The van der Waals surface area contributed by atoms with Crippen molar-refractivity contribution in [2.24, 2.45) is 0 Å². The van der Waals surface area contributed by atoms with Crippen LogP contribution < -0.4 is 16.2 Å². The predicted octanol–water partition coefficient (Wildman–Crippen LogP) is 1.59. The van der Waals surface area contributed by atoms with Gasteiger partial charge in [0.1, 0.15) is 0 Å². The van der Waals surface area contributed by atoms with Crippen molar-refractivity contribution in [2.45, 2.75) is 0 Å². The predicted molar refractivity (Wildman–Crippen MR) is 81.2 cm³/mol. The lowest BCUT2D eigenvalue weighted by Gasteiger charge is -2.11. The van der Waals surface area contributed by atoms with Gasteiger partial charge in [0.25, 0.3) is 11.8 Å². The molecule has 0 aliphatic heterocycles. The number of hydrazine groups is 1. The number of aromatic nitrogens is 1. The summed E-state index contributed by atoms with van der Waals surface area (Å²) in [6.07, 6.45) is 2.71. The van der Waals surface area contributed by atoms with Crippen molar-refractivity contribution in [3.63, 3.8) is 0 Å². The molecule has 130 valence electrons. The maximum atomic E-state index is 13.5. The molecule has 1 aromatic heterocycles. The van der Waals surface area contributed by atoms with Gasteiger partial charge in [0, 0.05) is 12.4 Å². The highest BCUT2D eigenvalue weighted by Gasteiger charge is 2.23. The molecule has 2 amide bonds. The van der Waals surface area contributed by atoms with E-state index in [0.717, 1.165) is 0 Å². The molecule has 0 aliphatic rings. The molecule has 25 heavy (non-hydrogen) atoms. The molecule has 0 aliphatic carbocycles. The molecule has 0 unspecified atom stereocenters. The third-order valence-electron chi connectivity index (χ3n) is 2.79. The maximum Gasteiger partial charge on any atom is 0.271 e. The zero-order chi connectivity index (χ0) is 18.6. The van der Waals surface area contributed by atoms with Crippen LogP contribution in [0.25, 0.3) is 0 Å². The molecule has 0 atom stereocenters. The van der Waals surface area contributed by atoms with E-state index in [2.05, 4.69) is 28.1 Å². The van der Waals surface area contributed by atoms with Gasteiger partial charge in [0.05, 0.1) is 11.1 Å². The van der Waals surface area contributed by atoms with E-state index in [1.807, 2.05) is 5.32 Å². The highest BCUT2D eigenvalue weighted by molar-refractivity contribution is 7.80. The minimum Gasteiger partial charge on any atom is -0.298 e. The van der Waals surface area contributed by atoms with Gasteiger partial charge in [-0.15, -0.1) is 0 Å². The summed E-state index contributed by atoms with van der Waals surface area (Å²) in [5.74, 6) is -9.78. The van der Waals surface area contributed by atoms with Crippen LogP contribution >= 0.6 is 12.2 Å². The van der Waals surface area contributed by atoms with E-state index in [9.17, 15) is 27.2 Å². The van der Waals surface area contributed by atoms with Gasteiger partial charge in [-0.1, -0.05) is 0 Å². The number of hydrogen-bond acceptors (Lipinski definition) is 4. The molecule has 0 fully saturated rings. The third-order valence-corrected chi connectivity index (χ3v) is 2.99. The summed E-state index contributed by atoms with van der Waals surface area (Å²) in [5, 5.41) is 1.38. The highest BCUT2D eigenvalue weighted by atomic mass is 32.1. The van der Waals surface area contributed by atoms with Crippen molar-refractivity contribution in [3.8, 4) is 0 Å². The van der Waals surface area contributed by atoms with Gasteiger partial charge in [0.15, 0.2) is 28.4 Å². The molecule has 0 radical (unpaired) electrons. The Labute approximate surface area is 143 Å². The number of amides is 2. The first-order valence-electron chi connectivity index (χ1n) is 6.46. The number of rotatable bonds is 2. The molecule has 1 aromatic carbocycles. The lowest BCUT2D eigenvalue weighted by Crippen LogP contribution is -2.48. The van der Waals surface area contributed by atoms with Gasteiger partial charge in [0.2, 0.25) is 0 Å². The van der Waals surface area contributed by atoms with Crippen LogP contribution in [0.3, 0.4) is 0 Å². The first-order chi connectivity index (χ1) is 11.8. The Morgan fingerprint density at radius 3 is 2.36 bits per heavy atom. The lowest BCUT2D eigenvalue weighted by molar-refractivity contribution is 0.0933. The molecule has 3 N–H and O–H groups in total. The zero-order valence-electron chi connectivity index (χ0n) is 12.1. The average Bonchev–Trinajstić information content (AvgIpc) is 2.61. The monoisotopic (exact) mass is 372 g/mol. The van der Waals surface area contributed by atoms with Gasteiger partial charge in [-0.2, -0.15) is 0 Å². The van der Waals surface area contributed by atoms with Crippen LogP contribution in [0.4, 0.5) is 17.6 Å². The molecule has 0 bridgehead atoms. The average molecular weight is 372 g/mol. The van der Waals surface area contributed by atoms with E-state index in [-0.39, 0.29) is 11.6 Å². The van der Waals surface area contributed by atoms with E-state index >= 15 is 0 Å². The third kappa shape index (κ3) is 4.26. The standard InChI is InChI=1S/C14H8F4N4O2S/c15-8-4-7(9(16)11(18)10(8)17)13(24)20-14(25)22-21-12(23)6-2-1-3-19-5-6/h1-5H,(H,21,23)(H2,20,22,24,25). The van der Waals surface area contributed by atoms with Crippen LogP contribution in [0.1, 0.15) is 20.7 Å². The first kappa shape index (κ1) is 18.3. The molecular formula is C14H8F4N4O2S.